The first-order valence-corrected chi connectivity index (χ1v) is 6.82. The van der Waals surface area contributed by atoms with Crippen LogP contribution in [0.3, 0.4) is 0 Å². The molecular weight excluding hydrogens is 254 g/mol. The van der Waals surface area contributed by atoms with Crippen LogP contribution in [0.1, 0.15) is 16.8 Å². The smallest absolute Gasteiger partial charge is 0.0485 e. The minimum Gasteiger partial charge on any atom is -0.340 e. The second kappa shape index (κ2) is 4.75. The monoisotopic (exact) mass is 269 g/mol. The van der Waals surface area contributed by atoms with Crippen LogP contribution in [0.5, 0.6) is 0 Å². The van der Waals surface area contributed by atoms with Crippen LogP contribution in [0.4, 0.5) is 0 Å². The van der Waals surface area contributed by atoms with Crippen molar-refractivity contribution in [3.8, 4) is 0 Å². The SMILES string of the molecule is Cc1ccc2c(c1)cc(C)n2Cc1ccc(Cl)cc1. The van der Waals surface area contributed by atoms with Crippen LogP contribution >= 0.6 is 11.6 Å². The Hall–Kier alpha value is -1.73. The van der Waals surface area contributed by atoms with Gasteiger partial charge in [0.15, 0.2) is 0 Å². The maximum absolute atomic E-state index is 5.93. The fraction of sp³-hybridized carbons (Fsp3) is 0.176. The minimum atomic E-state index is 0.786. The molecule has 0 saturated heterocycles. The van der Waals surface area contributed by atoms with E-state index in [1.54, 1.807) is 0 Å². The van der Waals surface area contributed by atoms with Gasteiger partial charge in [0.05, 0.1) is 0 Å². The van der Waals surface area contributed by atoms with Gasteiger partial charge in [0, 0.05) is 28.2 Å². The van der Waals surface area contributed by atoms with Crippen LogP contribution in [0.2, 0.25) is 5.02 Å². The molecule has 3 aromatic rings. The number of aryl methyl sites for hydroxylation is 2. The Kier molecular flexibility index (Phi) is 3.08. The van der Waals surface area contributed by atoms with Gasteiger partial charge in [-0.2, -0.15) is 0 Å². The molecule has 0 aliphatic carbocycles. The van der Waals surface area contributed by atoms with Crippen molar-refractivity contribution in [3.05, 3.63) is 70.4 Å². The second-order valence-corrected chi connectivity index (χ2v) is 5.50. The third kappa shape index (κ3) is 2.39. The molecule has 1 nitrogen and oxygen atoms in total. The summed E-state index contributed by atoms with van der Waals surface area (Å²) in [4.78, 5) is 0. The first-order chi connectivity index (χ1) is 9.13. The number of nitrogens with zero attached hydrogens (tertiary/aromatic N) is 1. The highest BCUT2D eigenvalue weighted by Crippen LogP contribution is 2.22. The maximum Gasteiger partial charge on any atom is 0.0485 e. The maximum atomic E-state index is 5.93. The summed E-state index contributed by atoms with van der Waals surface area (Å²) in [6, 6.07) is 16.9. The van der Waals surface area contributed by atoms with E-state index >= 15 is 0 Å². The van der Waals surface area contributed by atoms with Gasteiger partial charge in [-0.25, -0.2) is 0 Å². The molecule has 0 spiro atoms. The van der Waals surface area contributed by atoms with E-state index in [1.165, 1.54) is 27.7 Å². The van der Waals surface area contributed by atoms with E-state index in [-0.39, 0.29) is 0 Å². The van der Waals surface area contributed by atoms with Gasteiger partial charge >= 0.3 is 0 Å². The Morgan fingerprint density at radius 3 is 2.42 bits per heavy atom. The number of benzene rings is 2. The van der Waals surface area contributed by atoms with E-state index in [2.05, 4.69) is 54.8 Å². The van der Waals surface area contributed by atoms with Crippen LogP contribution < -0.4 is 0 Å². The lowest BCUT2D eigenvalue weighted by Crippen LogP contribution is -2.01. The summed E-state index contributed by atoms with van der Waals surface area (Å²) in [5.41, 5.74) is 5.15. The summed E-state index contributed by atoms with van der Waals surface area (Å²) in [5, 5.41) is 2.10. The molecular formula is C17H16ClN. The first kappa shape index (κ1) is 12.3. The van der Waals surface area contributed by atoms with Gasteiger partial charge in [-0.05, 0) is 49.7 Å². The molecule has 0 N–H and O–H groups in total. The summed E-state index contributed by atoms with van der Waals surface area (Å²) in [6.45, 7) is 5.17. The average Bonchev–Trinajstić information content (AvgIpc) is 2.68. The summed E-state index contributed by atoms with van der Waals surface area (Å²) < 4.78 is 2.35. The van der Waals surface area contributed by atoms with Crippen molar-refractivity contribution in [2.24, 2.45) is 0 Å². The molecule has 19 heavy (non-hydrogen) atoms. The zero-order chi connectivity index (χ0) is 13.4. The van der Waals surface area contributed by atoms with Crippen LogP contribution in [-0.4, -0.2) is 4.57 Å². The van der Waals surface area contributed by atoms with Gasteiger partial charge in [-0.3, -0.25) is 0 Å². The van der Waals surface area contributed by atoms with Gasteiger partial charge in [0.25, 0.3) is 0 Å². The normalized spacial score (nSPS) is 11.1. The van der Waals surface area contributed by atoms with E-state index < -0.39 is 0 Å². The molecule has 1 aromatic heterocycles. The van der Waals surface area contributed by atoms with Gasteiger partial charge in [0.1, 0.15) is 0 Å². The standard InChI is InChI=1S/C17H16ClN/c1-12-3-8-17-15(9-12)10-13(2)19(17)11-14-4-6-16(18)7-5-14/h3-10H,11H2,1-2H3. The van der Waals surface area contributed by atoms with Gasteiger partial charge < -0.3 is 4.57 Å². The molecule has 1 heterocycles. The third-order valence-electron chi connectivity index (χ3n) is 3.52. The molecule has 0 aliphatic heterocycles. The predicted octanol–water partition coefficient (Wildman–Crippen LogP) is 4.96. The lowest BCUT2D eigenvalue weighted by molar-refractivity contribution is 0.805. The molecule has 0 unspecified atom stereocenters. The van der Waals surface area contributed by atoms with Crippen molar-refractivity contribution in [1.29, 1.82) is 0 Å². The number of fused-ring (bicyclic) bond motifs is 1. The highest BCUT2D eigenvalue weighted by Gasteiger charge is 2.06. The molecule has 0 radical (unpaired) electrons. The average molecular weight is 270 g/mol. The molecule has 2 heteroatoms. The Bertz CT molecular complexity index is 723. The molecule has 0 fully saturated rings. The van der Waals surface area contributed by atoms with E-state index in [1.807, 2.05) is 12.1 Å². The zero-order valence-electron chi connectivity index (χ0n) is 11.2. The number of halogens is 1. The van der Waals surface area contributed by atoms with Gasteiger partial charge in [-0.15, -0.1) is 0 Å². The summed E-state index contributed by atoms with van der Waals surface area (Å²) in [7, 11) is 0. The fourth-order valence-electron chi connectivity index (χ4n) is 2.51. The number of rotatable bonds is 2. The van der Waals surface area contributed by atoms with E-state index in [4.69, 9.17) is 11.6 Å². The minimum absolute atomic E-state index is 0.786. The first-order valence-electron chi connectivity index (χ1n) is 6.44. The Morgan fingerprint density at radius 1 is 0.947 bits per heavy atom. The summed E-state index contributed by atoms with van der Waals surface area (Å²) in [5.74, 6) is 0. The summed E-state index contributed by atoms with van der Waals surface area (Å²) in [6.07, 6.45) is 0. The molecule has 3 rings (SSSR count). The molecule has 0 saturated carbocycles. The molecule has 0 bridgehead atoms. The lowest BCUT2D eigenvalue weighted by atomic mass is 10.2. The molecule has 0 amide bonds. The van der Waals surface area contributed by atoms with Crippen LogP contribution in [0, 0.1) is 13.8 Å². The third-order valence-corrected chi connectivity index (χ3v) is 3.77. The van der Waals surface area contributed by atoms with Crippen LogP contribution in [0.15, 0.2) is 48.5 Å². The Labute approximate surface area is 118 Å². The van der Waals surface area contributed by atoms with E-state index in [9.17, 15) is 0 Å². The molecule has 96 valence electrons. The number of hydrogen-bond donors (Lipinski definition) is 0. The molecule has 0 atom stereocenters. The predicted molar refractivity (Wildman–Crippen MR) is 82.0 cm³/mol. The topological polar surface area (TPSA) is 4.93 Å². The van der Waals surface area contributed by atoms with Crippen LogP contribution in [-0.2, 0) is 6.54 Å². The van der Waals surface area contributed by atoms with E-state index in [0.29, 0.717) is 0 Å². The number of hydrogen-bond acceptors (Lipinski definition) is 0. The van der Waals surface area contributed by atoms with Gasteiger partial charge in [-0.1, -0.05) is 35.4 Å². The van der Waals surface area contributed by atoms with Crippen molar-refractivity contribution in [2.45, 2.75) is 20.4 Å². The van der Waals surface area contributed by atoms with Crippen LogP contribution in [0.25, 0.3) is 10.9 Å². The largest absolute Gasteiger partial charge is 0.340 e. The van der Waals surface area contributed by atoms with E-state index in [0.717, 1.165) is 11.6 Å². The molecule has 2 aromatic carbocycles. The highest BCUT2D eigenvalue weighted by molar-refractivity contribution is 6.30. The quantitative estimate of drug-likeness (QED) is 0.620. The Morgan fingerprint density at radius 2 is 1.68 bits per heavy atom. The summed E-state index contributed by atoms with van der Waals surface area (Å²) >= 11 is 5.93. The number of aromatic nitrogens is 1. The lowest BCUT2D eigenvalue weighted by Gasteiger charge is -2.09. The van der Waals surface area contributed by atoms with Crippen molar-refractivity contribution in [2.75, 3.05) is 0 Å². The molecule has 0 aliphatic rings. The fourth-order valence-corrected chi connectivity index (χ4v) is 2.64. The Balaban J connectivity index is 2.05. The van der Waals surface area contributed by atoms with Crippen molar-refractivity contribution >= 4 is 22.5 Å². The highest BCUT2D eigenvalue weighted by atomic mass is 35.5. The second-order valence-electron chi connectivity index (χ2n) is 5.06. The van der Waals surface area contributed by atoms with Gasteiger partial charge in [0.2, 0.25) is 0 Å². The zero-order valence-corrected chi connectivity index (χ0v) is 11.9. The van der Waals surface area contributed by atoms with Crippen molar-refractivity contribution < 1.29 is 0 Å². The van der Waals surface area contributed by atoms with Crippen molar-refractivity contribution in [3.63, 3.8) is 0 Å². The van der Waals surface area contributed by atoms with Crippen molar-refractivity contribution in [1.82, 2.24) is 4.57 Å².